The minimum Gasteiger partial charge on any atom is -0.197 e. The van der Waals surface area contributed by atoms with Crippen LogP contribution in [0.4, 0.5) is 0 Å². The number of hydrogen-bond acceptors (Lipinski definition) is 2. The maximum atomic E-state index is 8.90. The predicted molar refractivity (Wildman–Crippen MR) is 67.1 cm³/mol. The molecule has 0 aliphatic rings. The summed E-state index contributed by atoms with van der Waals surface area (Å²) in [5.41, 5.74) is 1.04. The van der Waals surface area contributed by atoms with Crippen molar-refractivity contribution in [1.82, 2.24) is 0 Å². The van der Waals surface area contributed by atoms with Crippen molar-refractivity contribution in [2.75, 3.05) is 0 Å². The van der Waals surface area contributed by atoms with Crippen LogP contribution in [0.3, 0.4) is 0 Å². The zero-order valence-electron chi connectivity index (χ0n) is 9.59. The molecule has 0 spiro atoms. The third-order valence-corrected chi connectivity index (χ3v) is 3.08. The van der Waals surface area contributed by atoms with Crippen molar-refractivity contribution >= 4 is 10.8 Å². The molecule has 2 nitrogen and oxygen atoms in total. The first-order chi connectivity index (χ1) is 8.26. The second-order valence-electron chi connectivity index (χ2n) is 4.13. The molecule has 0 N–H and O–H groups in total. The summed E-state index contributed by atoms with van der Waals surface area (Å²) in [6, 6.07) is 18.2. The standard InChI is InChI=1S/C15H12N2/c1-11(15(9-16)10-17)13-7-6-12-4-2-3-5-14(12)8-13/h2-8,11,15H,1H3. The molecule has 2 heteroatoms. The molecular formula is C15H12N2. The second kappa shape index (κ2) is 4.68. The Balaban J connectivity index is 2.44. The summed E-state index contributed by atoms with van der Waals surface area (Å²) < 4.78 is 0. The van der Waals surface area contributed by atoms with E-state index in [0.717, 1.165) is 10.9 Å². The van der Waals surface area contributed by atoms with Gasteiger partial charge in [-0.1, -0.05) is 49.4 Å². The lowest BCUT2D eigenvalue weighted by molar-refractivity contribution is 0.670. The predicted octanol–water partition coefficient (Wildman–Crippen LogP) is 3.61. The van der Waals surface area contributed by atoms with Gasteiger partial charge in [0.25, 0.3) is 0 Å². The van der Waals surface area contributed by atoms with E-state index in [2.05, 4.69) is 12.1 Å². The molecule has 0 amide bonds. The van der Waals surface area contributed by atoms with Gasteiger partial charge in [0.05, 0.1) is 12.1 Å². The number of hydrogen-bond donors (Lipinski definition) is 0. The molecule has 0 aliphatic heterocycles. The number of rotatable bonds is 2. The molecule has 2 rings (SSSR count). The van der Waals surface area contributed by atoms with Crippen molar-refractivity contribution in [3.63, 3.8) is 0 Å². The Hall–Kier alpha value is -2.32. The molecule has 0 aliphatic carbocycles. The van der Waals surface area contributed by atoms with E-state index in [9.17, 15) is 0 Å². The highest BCUT2D eigenvalue weighted by Crippen LogP contribution is 2.26. The topological polar surface area (TPSA) is 47.6 Å². The van der Waals surface area contributed by atoms with Gasteiger partial charge in [-0.3, -0.25) is 0 Å². The Labute approximate surface area is 101 Å². The second-order valence-corrected chi connectivity index (χ2v) is 4.13. The molecule has 0 radical (unpaired) electrons. The fourth-order valence-corrected chi connectivity index (χ4v) is 1.94. The maximum absolute atomic E-state index is 8.90. The number of nitrogens with zero attached hydrogens (tertiary/aromatic N) is 2. The average Bonchev–Trinajstić information content (AvgIpc) is 2.39. The first-order valence-electron chi connectivity index (χ1n) is 5.54. The van der Waals surface area contributed by atoms with E-state index in [1.807, 2.05) is 49.4 Å². The van der Waals surface area contributed by atoms with E-state index in [1.54, 1.807) is 0 Å². The van der Waals surface area contributed by atoms with Gasteiger partial charge in [-0.15, -0.1) is 0 Å². The number of fused-ring (bicyclic) bond motifs is 1. The molecule has 0 aromatic heterocycles. The zero-order chi connectivity index (χ0) is 12.3. The van der Waals surface area contributed by atoms with Crippen LogP contribution in [-0.2, 0) is 0 Å². The van der Waals surface area contributed by atoms with Crippen molar-refractivity contribution in [2.24, 2.45) is 5.92 Å². The summed E-state index contributed by atoms with van der Waals surface area (Å²) in [5, 5.41) is 20.1. The van der Waals surface area contributed by atoms with Gasteiger partial charge in [-0.05, 0) is 16.3 Å². The molecule has 2 aromatic rings. The number of benzene rings is 2. The Morgan fingerprint density at radius 3 is 2.24 bits per heavy atom. The van der Waals surface area contributed by atoms with E-state index >= 15 is 0 Å². The summed E-state index contributed by atoms with van der Waals surface area (Å²) >= 11 is 0. The van der Waals surface area contributed by atoms with Gasteiger partial charge in [0.15, 0.2) is 0 Å². The summed E-state index contributed by atoms with van der Waals surface area (Å²) in [5.74, 6) is -0.647. The molecule has 0 saturated heterocycles. The summed E-state index contributed by atoms with van der Waals surface area (Å²) in [4.78, 5) is 0. The van der Waals surface area contributed by atoms with Crippen LogP contribution < -0.4 is 0 Å². The van der Waals surface area contributed by atoms with Gasteiger partial charge in [-0.2, -0.15) is 10.5 Å². The molecule has 82 valence electrons. The van der Waals surface area contributed by atoms with E-state index in [1.165, 1.54) is 5.39 Å². The van der Waals surface area contributed by atoms with Crippen LogP contribution in [0.25, 0.3) is 10.8 Å². The first-order valence-corrected chi connectivity index (χ1v) is 5.54. The Kier molecular flexibility index (Phi) is 3.08. The third-order valence-electron chi connectivity index (χ3n) is 3.08. The Morgan fingerprint density at radius 1 is 0.941 bits per heavy atom. The van der Waals surface area contributed by atoms with Crippen LogP contribution in [0.5, 0.6) is 0 Å². The van der Waals surface area contributed by atoms with Crippen molar-refractivity contribution in [3.8, 4) is 12.1 Å². The molecule has 0 bridgehead atoms. The van der Waals surface area contributed by atoms with Gasteiger partial charge in [-0.25, -0.2) is 0 Å². The van der Waals surface area contributed by atoms with E-state index in [0.29, 0.717) is 0 Å². The van der Waals surface area contributed by atoms with Gasteiger partial charge in [0.2, 0.25) is 0 Å². The molecule has 17 heavy (non-hydrogen) atoms. The lowest BCUT2D eigenvalue weighted by atomic mass is 9.88. The minimum atomic E-state index is -0.587. The molecule has 1 unspecified atom stereocenters. The monoisotopic (exact) mass is 220 g/mol. The van der Waals surface area contributed by atoms with Gasteiger partial charge >= 0.3 is 0 Å². The first kappa shape index (κ1) is 11.2. The molecular weight excluding hydrogens is 208 g/mol. The van der Waals surface area contributed by atoms with Crippen LogP contribution in [0.15, 0.2) is 42.5 Å². The van der Waals surface area contributed by atoms with Crippen molar-refractivity contribution in [3.05, 3.63) is 48.0 Å². The normalized spacial score (nSPS) is 12.0. The summed E-state index contributed by atoms with van der Waals surface area (Å²) in [6.45, 7) is 1.92. The third kappa shape index (κ3) is 2.12. The van der Waals surface area contributed by atoms with Crippen LogP contribution in [0.1, 0.15) is 18.4 Å². The maximum Gasteiger partial charge on any atom is 0.139 e. The SMILES string of the molecule is CC(c1ccc2ccccc2c1)C(C#N)C#N. The van der Waals surface area contributed by atoms with Gasteiger partial charge in [0.1, 0.15) is 5.92 Å². The lowest BCUT2D eigenvalue weighted by Gasteiger charge is -2.12. The van der Waals surface area contributed by atoms with Crippen LogP contribution >= 0.6 is 0 Å². The highest BCUT2D eigenvalue weighted by atomic mass is 14.3. The molecule has 0 heterocycles. The average molecular weight is 220 g/mol. The van der Waals surface area contributed by atoms with E-state index in [4.69, 9.17) is 10.5 Å². The Morgan fingerprint density at radius 2 is 1.59 bits per heavy atom. The summed E-state index contributed by atoms with van der Waals surface area (Å²) in [7, 11) is 0. The fraction of sp³-hybridized carbons (Fsp3) is 0.200. The highest BCUT2D eigenvalue weighted by Gasteiger charge is 2.17. The van der Waals surface area contributed by atoms with Crippen LogP contribution in [0.2, 0.25) is 0 Å². The van der Waals surface area contributed by atoms with Crippen molar-refractivity contribution < 1.29 is 0 Å². The minimum absolute atomic E-state index is 0.0605. The fourth-order valence-electron chi connectivity index (χ4n) is 1.94. The smallest absolute Gasteiger partial charge is 0.139 e. The van der Waals surface area contributed by atoms with E-state index < -0.39 is 5.92 Å². The largest absolute Gasteiger partial charge is 0.197 e. The zero-order valence-corrected chi connectivity index (χ0v) is 9.59. The summed E-state index contributed by atoms with van der Waals surface area (Å²) in [6.07, 6.45) is 0. The molecule has 0 fully saturated rings. The van der Waals surface area contributed by atoms with Crippen molar-refractivity contribution in [1.29, 1.82) is 10.5 Å². The van der Waals surface area contributed by atoms with E-state index in [-0.39, 0.29) is 5.92 Å². The molecule has 0 saturated carbocycles. The Bertz CT molecular complexity index is 603. The van der Waals surface area contributed by atoms with Gasteiger partial charge in [0, 0.05) is 5.92 Å². The number of nitriles is 2. The van der Waals surface area contributed by atoms with Crippen LogP contribution in [0, 0.1) is 28.6 Å². The molecule has 1 atom stereocenters. The lowest BCUT2D eigenvalue weighted by Crippen LogP contribution is -2.05. The van der Waals surface area contributed by atoms with Crippen LogP contribution in [-0.4, -0.2) is 0 Å². The van der Waals surface area contributed by atoms with Gasteiger partial charge < -0.3 is 0 Å². The quantitative estimate of drug-likeness (QED) is 0.776. The van der Waals surface area contributed by atoms with Crippen molar-refractivity contribution in [2.45, 2.75) is 12.8 Å². The molecule has 2 aromatic carbocycles. The highest BCUT2D eigenvalue weighted by molar-refractivity contribution is 5.83.